The van der Waals surface area contributed by atoms with E-state index in [9.17, 15) is 9.18 Å². The molecule has 1 aliphatic rings. The Bertz CT molecular complexity index is 1040. The van der Waals surface area contributed by atoms with Gasteiger partial charge in [0.2, 0.25) is 0 Å². The number of hydrogen-bond acceptors (Lipinski definition) is 4. The number of ether oxygens (including phenoxy) is 2. The van der Waals surface area contributed by atoms with E-state index in [1.165, 1.54) is 18.2 Å². The standard InChI is InChI=1S/C25H26FNO3/c1-25(13-4-5-14-25)30-23-17-19(11-12-21(23)26)24(28)29-16-15-27-22-10-6-8-18-7-2-3-9-20(18)22/h2-3,6-12,17,27H,4-5,13-16H2,1H3. The van der Waals surface area contributed by atoms with Crippen molar-refractivity contribution in [3.05, 3.63) is 72.0 Å². The average molecular weight is 407 g/mol. The first-order valence-corrected chi connectivity index (χ1v) is 10.4. The number of nitrogens with one attached hydrogen (secondary N) is 1. The fourth-order valence-electron chi connectivity index (χ4n) is 3.99. The topological polar surface area (TPSA) is 47.6 Å². The molecule has 3 aromatic rings. The lowest BCUT2D eigenvalue weighted by molar-refractivity contribution is 0.0517. The molecule has 0 unspecified atom stereocenters. The van der Waals surface area contributed by atoms with Gasteiger partial charge in [-0.15, -0.1) is 0 Å². The van der Waals surface area contributed by atoms with Crippen LogP contribution in [0.2, 0.25) is 0 Å². The van der Waals surface area contributed by atoms with Gasteiger partial charge >= 0.3 is 5.97 Å². The van der Waals surface area contributed by atoms with Gasteiger partial charge in [0, 0.05) is 17.6 Å². The van der Waals surface area contributed by atoms with Crippen LogP contribution in [0.15, 0.2) is 60.7 Å². The van der Waals surface area contributed by atoms with Crippen LogP contribution in [-0.2, 0) is 4.74 Å². The van der Waals surface area contributed by atoms with Crippen molar-refractivity contribution < 1.29 is 18.7 Å². The quantitative estimate of drug-likeness (QED) is 0.388. The molecule has 5 heteroatoms. The van der Waals surface area contributed by atoms with Crippen LogP contribution in [0.25, 0.3) is 10.8 Å². The van der Waals surface area contributed by atoms with Crippen LogP contribution in [0, 0.1) is 5.82 Å². The number of carbonyl (C=O) groups is 1. The molecule has 0 radical (unpaired) electrons. The van der Waals surface area contributed by atoms with E-state index in [0.29, 0.717) is 6.54 Å². The first kappa shape index (κ1) is 20.2. The number of hydrogen-bond donors (Lipinski definition) is 1. The lowest BCUT2D eigenvalue weighted by atomic mass is 10.1. The number of fused-ring (bicyclic) bond motifs is 1. The van der Waals surface area contributed by atoms with Gasteiger partial charge in [-0.3, -0.25) is 0 Å². The van der Waals surface area contributed by atoms with E-state index in [1.807, 2.05) is 31.2 Å². The van der Waals surface area contributed by atoms with Crippen molar-refractivity contribution in [1.82, 2.24) is 0 Å². The van der Waals surface area contributed by atoms with E-state index in [0.717, 1.165) is 42.1 Å². The minimum absolute atomic E-state index is 0.114. The van der Waals surface area contributed by atoms with Crippen molar-refractivity contribution in [2.45, 2.75) is 38.2 Å². The van der Waals surface area contributed by atoms with Gasteiger partial charge in [-0.1, -0.05) is 36.4 Å². The van der Waals surface area contributed by atoms with Crippen LogP contribution in [0.3, 0.4) is 0 Å². The summed E-state index contributed by atoms with van der Waals surface area (Å²) in [5.41, 5.74) is 0.913. The van der Waals surface area contributed by atoms with E-state index in [4.69, 9.17) is 9.47 Å². The summed E-state index contributed by atoms with van der Waals surface area (Å²) in [5, 5.41) is 5.57. The molecule has 1 N–H and O–H groups in total. The van der Waals surface area contributed by atoms with Crippen molar-refractivity contribution in [1.29, 1.82) is 0 Å². The van der Waals surface area contributed by atoms with E-state index in [2.05, 4.69) is 23.5 Å². The van der Waals surface area contributed by atoms with E-state index >= 15 is 0 Å². The second-order valence-electron chi connectivity index (χ2n) is 7.99. The first-order valence-electron chi connectivity index (χ1n) is 10.4. The molecule has 30 heavy (non-hydrogen) atoms. The third kappa shape index (κ3) is 4.56. The maximum Gasteiger partial charge on any atom is 0.338 e. The molecule has 0 saturated heterocycles. The van der Waals surface area contributed by atoms with Crippen molar-refractivity contribution in [2.75, 3.05) is 18.5 Å². The molecule has 1 aliphatic carbocycles. The van der Waals surface area contributed by atoms with E-state index in [-0.39, 0.29) is 23.5 Å². The van der Waals surface area contributed by atoms with Crippen molar-refractivity contribution >= 4 is 22.4 Å². The lowest BCUT2D eigenvalue weighted by Crippen LogP contribution is -2.28. The van der Waals surface area contributed by atoms with E-state index < -0.39 is 11.8 Å². The first-order chi connectivity index (χ1) is 14.5. The van der Waals surface area contributed by atoms with Crippen molar-refractivity contribution in [2.24, 2.45) is 0 Å². The highest BCUT2D eigenvalue weighted by Gasteiger charge is 2.31. The zero-order valence-corrected chi connectivity index (χ0v) is 17.1. The maximum absolute atomic E-state index is 14.2. The molecule has 156 valence electrons. The molecule has 0 amide bonds. The summed E-state index contributed by atoms with van der Waals surface area (Å²) in [5.74, 6) is -0.837. The fraction of sp³-hybridized carbons (Fsp3) is 0.320. The Kier molecular flexibility index (Phi) is 5.88. The van der Waals surface area contributed by atoms with Crippen LogP contribution >= 0.6 is 0 Å². The third-order valence-electron chi connectivity index (χ3n) is 5.62. The normalized spacial score (nSPS) is 15.1. The molecule has 4 nitrogen and oxygen atoms in total. The smallest absolute Gasteiger partial charge is 0.338 e. The summed E-state index contributed by atoms with van der Waals surface area (Å²) in [7, 11) is 0. The Morgan fingerprint density at radius 2 is 1.83 bits per heavy atom. The second kappa shape index (κ2) is 8.74. The zero-order chi connectivity index (χ0) is 21.0. The summed E-state index contributed by atoms with van der Waals surface area (Å²) in [6, 6.07) is 18.3. The van der Waals surface area contributed by atoms with Gasteiger partial charge in [0.15, 0.2) is 11.6 Å². The van der Waals surface area contributed by atoms with Gasteiger partial charge in [0.25, 0.3) is 0 Å². The predicted molar refractivity (Wildman–Crippen MR) is 117 cm³/mol. The highest BCUT2D eigenvalue weighted by molar-refractivity contribution is 5.93. The molecule has 0 aliphatic heterocycles. The van der Waals surface area contributed by atoms with Crippen LogP contribution < -0.4 is 10.1 Å². The van der Waals surface area contributed by atoms with Gasteiger partial charge in [-0.25, -0.2) is 9.18 Å². The van der Waals surface area contributed by atoms with Crippen molar-refractivity contribution in [3.63, 3.8) is 0 Å². The molecular weight excluding hydrogens is 381 g/mol. The molecule has 4 rings (SSSR count). The minimum Gasteiger partial charge on any atom is -0.484 e. The van der Waals surface area contributed by atoms with Gasteiger partial charge in [-0.05, 0) is 62.3 Å². The fourth-order valence-corrected chi connectivity index (χ4v) is 3.99. The number of rotatable bonds is 7. The van der Waals surface area contributed by atoms with Gasteiger partial charge in [-0.2, -0.15) is 0 Å². The number of carbonyl (C=O) groups excluding carboxylic acids is 1. The van der Waals surface area contributed by atoms with Crippen LogP contribution in [0.5, 0.6) is 5.75 Å². The summed E-state index contributed by atoms with van der Waals surface area (Å²) in [6.45, 7) is 2.67. The molecule has 0 atom stereocenters. The maximum atomic E-state index is 14.2. The molecule has 1 fully saturated rings. The molecule has 3 aromatic carbocycles. The third-order valence-corrected chi connectivity index (χ3v) is 5.62. The summed E-state index contributed by atoms with van der Waals surface area (Å²) < 4.78 is 25.5. The molecule has 0 bridgehead atoms. The Hall–Kier alpha value is -3.08. The zero-order valence-electron chi connectivity index (χ0n) is 17.1. The largest absolute Gasteiger partial charge is 0.484 e. The lowest BCUT2D eigenvalue weighted by Gasteiger charge is -2.26. The Morgan fingerprint density at radius 1 is 1.07 bits per heavy atom. The Morgan fingerprint density at radius 3 is 2.67 bits per heavy atom. The van der Waals surface area contributed by atoms with Gasteiger partial charge in [0.05, 0.1) is 5.56 Å². The molecular formula is C25H26FNO3. The van der Waals surface area contributed by atoms with Gasteiger partial charge in [0.1, 0.15) is 12.2 Å². The molecule has 1 saturated carbocycles. The summed E-state index contributed by atoms with van der Waals surface area (Å²) in [6.07, 6.45) is 3.93. The van der Waals surface area contributed by atoms with Crippen molar-refractivity contribution in [3.8, 4) is 5.75 Å². The minimum atomic E-state index is -0.490. The number of anilines is 1. The molecule has 0 aromatic heterocycles. The van der Waals surface area contributed by atoms with Crippen LogP contribution in [0.1, 0.15) is 43.0 Å². The summed E-state index contributed by atoms with van der Waals surface area (Å²) in [4.78, 5) is 12.4. The Balaban J connectivity index is 1.34. The SMILES string of the molecule is CC1(Oc2cc(C(=O)OCCNc3cccc4ccccc34)ccc2F)CCCC1. The van der Waals surface area contributed by atoms with Crippen LogP contribution in [0.4, 0.5) is 10.1 Å². The number of esters is 1. The highest BCUT2D eigenvalue weighted by atomic mass is 19.1. The summed E-state index contributed by atoms with van der Waals surface area (Å²) >= 11 is 0. The number of halogens is 1. The number of benzene rings is 3. The second-order valence-corrected chi connectivity index (χ2v) is 7.99. The Labute approximate surface area is 176 Å². The van der Waals surface area contributed by atoms with E-state index in [1.54, 1.807) is 0 Å². The highest BCUT2D eigenvalue weighted by Crippen LogP contribution is 2.35. The average Bonchev–Trinajstić information content (AvgIpc) is 3.18. The molecule has 0 heterocycles. The predicted octanol–water partition coefficient (Wildman–Crippen LogP) is 5.96. The van der Waals surface area contributed by atoms with Gasteiger partial charge < -0.3 is 14.8 Å². The molecule has 0 spiro atoms. The van der Waals surface area contributed by atoms with Crippen LogP contribution in [-0.4, -0.2) is 24.7 Å². The monoisotopic (exact) mass is 407 g/mol.